The Morgan fingerprint density at radius 1 is 0.565 bits per heavy atom. The number of para-hydroxylation sites is 1. The largest absolute Gasteiger partial charge is 0.504 e. The molecule has 0 radical (unpaired) electrons. The van der Waals surface area contributed by atoms with E-state index in [0.717, 1.165) is 43.8 Å². The Labute approximate surface area is 262 Å². The van der Waals surface area contributed by atoms with Crippen LogP contribution in [-0.4, -0.2) is 31.6 Å². The third-order valence-corrected chi connectivity index (χ3v) is 8.77. The summed E-state index contributed by atoms with van der Waals surface area (Å²) in [7, 11) is 0. The van der Waals surface area contributed by atoms with Gasteiger partial charge in [-0.25, -0.2) is 0 Å². The van der Waals surface area contributed by atoms with Gasteiger partial charge in [-0.2, -0.15) is 0 Å². The molecule has 0 spiro atoms. The summed E-state index contributed by atoms with van der Waals surface area (Å²) in [6.45, 7) is 1.99. The number of benzene rings is 6. The van der Waals surface area contributed by atoms with Crippen molar-refractivity contribution in [1.82, 2.24) is 0 Å². The van der Waals surface area contributed by atoms with E-state index in [-0.39, 0.29) is 11.7 Å². The van der Waals surface area contributed by atoms with Gasteiger partial charge in [-0.1, -0.05) is 85.0 Å². The van der Waals surface area contributed by atoms with E-state index in [1.165, 1.54) is 0 Å². The summed E-state index contributed by atoms with van der Waals surface area (Å²) in [6.07, 6.45) is 8.47. The molecule has 5 N–H and O–H groups in total. The number of furan rings is 1. The molecule has 0 fully saturated rings. The zero-order chi connectivity index (χ0) is 31.7. The van der Waals surface area contributed by atoms with Crippen LogP contribution in [0.2, 0.25) is 0 Å². The van der Waals surface area contributed by atoms with Gasteiger partial charge in [0, 0.05) is 21.9 Å². The van der Waals surface area contributed by atoms with Crippen LogP contribution in [0.25, 0.3) is 65.7 Å². The van der Waals surface area contributed by atoms with E-state index in [4.69, 9.17) is 9.15 Å². The Bertz CT molecular complexity index is 2360. The van der Waals surface area contributed by atoms with E-state index in [2.05, 4.69) is 12.1 Å². The van der Waals surface area contributed by atoms with Crippen LogP contribution in [0.1, 0.15) is 12.5 Å². The van der Waals surface area contributed by atoms with Gasteiger partial charge >= 0.3 is 0 Å². The second-order valence-corrected chi connectivity index (χ2v) is 11.5. The first kappa shape index (κ1) is 27.5. The lowest BCUT2D eigenvalue weighted by Crippen LogP contribution is -2.10. The zero-order valence-corrected chi connectivity index (χ0v) is 24.7. The van der Waals surface area contributed by atoms with Gasteiger partial charge in [-0.15, -0.1) is 0 Å². The molecule has 7 aromatic rings. The smallest absolute Gasteiger partial charge is 0.208 e. The SMILES string of the molecule is CC1/C=C\C=C/Cc2cc3c(oc4ccccc43)c(-c3c4ccccc4c(-c4c(O)c(O)c(O)c(O)c4O)c4ccccc34)c2O1. The number of phenols is 5. The minimum absolute atomic E-state index is 0.208. The summed E-state index contributed by atoms with van der Waals surface area (Å²) in [5.74, 6) is -3.71. The van der Waals surface area contributed by atoms with E-state index >= 15 is 0 Å². The van der Waals surface area contributed by atoms with Crippen LogP contribution < -0.4 is 4.74 Å². The molecule has 1 aromatic heterocycles. The van der Waals surface area contributed by atoms with Crippen LogP contribution in [-0.2, 0) is 6.42 Å². The molecular formula is C39H28O7. The van der Waals surface area contributed by atoms with Crippen LogP contribution in [0.3, 0.4) is 0 Å². The van der Waals surface area contributed by atoms with E-state index in [1.54, 1.807) is 0 Å². The summed E-state index contributed by atoms with van der Waals surface area (Å²) in [6, 6.07) is 25.1. The van der Waals surface area contributed by atoms with Gasteiger partial charge < -0.3 is 34.7 Å². The average Bonchev–Trinajstić information content (AvgIpc) is 3.48. The normalized spacial score (nSPS) is 16.2. The Morgan fingerprint density at radius 3 is 1.70 bits per heavy atom. The lowest BCUT2D eigenvalue weighted by Gasteiger charge is -2.23. The molecule has 0 saturated heterocycles. The van der Waals surface area contributed by atoms with E-state index in [9.17, 15) is 25.5 Å². The molecular weight excluding hydrogens is 580 g/mol. The van der Waals surface area contributed by atoms with Gasteiger partial charge in [0.1, 0.15) is 23.0 Å². The first-order valence-corrected chi connectivity index (χ1v) is 14.9. The van der Waals surface area contributed by atoms with Crippen molar-refractivity contribution in [2.75, 3.05) is 0 Å². The van der Waals surface area contributed by atoms with Crippen LogP contribution in [0.4, 0.5) is 0 Å². The monoisotopic (exact) mass is 608 g/mol. The van der Waals surface area contributed by atoms with Crippen molar-refractivity contribution in [3.8, 4) is 56.8 Å². The number of phenolic OH excluding ortho intramolecular Hbond substituents is 5. The van der Waals surface area contributed by atoms with E-state index in [1.807, 2.05) is 97.9 Å². The summed E-state index contributed by atoms with van der Waals surface area (Å²) in [5, 5.41) is 58.1. The summed E-state index contributed by atoms with van der Waals surface area (Å²) >= 11 is 0. The first-order chi connectivity index (χ1) is 22.3. The van der Waals surface area contributed by atoms with Gasteiger partial charge in [0.05, 0.1) is 11.1 Å². The Balaban J connectivity index is 1.60. The summed E-state index contributed by atoms with van der Waals surface area (Å²) in [5.41, 5.74) is 4.14. The van der Waals surface area contributed by atoms with Gasteiger partial charge in [0.15, 0.2) is 11.5 Å². The Morgan fingerprint density at radius 2 is 1.09 bits per heavy atom. The molecule has 1 aliphatic rings. The Kier molecular flexibility index (Phi) is 6.12. The second kappa shape index (κ2) is 10.2. The van der Waals surface area contributed by atoms with Crippen molar-refractivity contribution >= 4 is 43.5 Å². The highest BCUT2D eigenvalue weighted by Crippen LogP contribution is 2.58. The minimum atomic E-state index is -1.01. The molecule has 226 valence electrons. The average molecular weight is 609 g/mol. The second-order valence-electron chi connectivity index (χ2n) is 11.5. The first-order valence-electron chi connectivity index (χ1n) is 14.9. The van der Waals surface area contributed by atoms with Gasteiger partial charge in [-0.3, -0.25) is 0 Å². The number of ether oxygens (including phenoxy) is 1. The number of hydrogen-bond acceptors (Lipinski definition) is 7. The van der Waals surface area contributed by atoms with Crippen molar-refractivity contribution in [2.24, 2.45) is 0 Å². The number of allylic oxidation sites excluding steroid dienone is 3. The van der Waals surface area contributed by atoms with Crippen molar-refractivity contribution < 1.29 is 34.7 Å². The van der Waals surface area contributed by atoms with Crippen LogP contribution >= 0.6 is 0 Å². The van der Waals surface area contributed by atoms with Crippen LogP contribution in [0.15, 0.2) is 108 Å². The standard InChI is InChI=1S/C39H28O7/c1-20-11-3-2-4-12-21-19-27-22-13-9-10-18-28(22)46-39(27)32(38(21)45-20)30-25-16-7-5-14-23(25)29(24-15-6-8-17-26(24)30)31-33(40)35(42)37(44)36(43)34(31)41/h2-11,13-20,40-44H,12H2,1H3/b4-2-,11-3-. The van der Waals surface area contributed by atoms with Gasteiger partial charge in [0.25, 0.3) is 0 Å². The highest BCUT2D eigenvalue weighted by Gasteiger charge is 2.30. The summed E-state index contributed by atoms with van der Waals surface area (Å²) in [4.78, 5) is 0. The zero-order valence-electron chi connectivity index (χ0n) is 24.7. The van der Waals surface area contributed by atoms with Crippen molar-refractivity contribution in [3.63, 3.8) is 0 Å². The van der Waals surface area contributed by atoms with E-state index in [0.29, 0.717) is 34.1 Å². The number of fused-ring (bicyclic) bond motifs is 6. The maximum atomic E-state index is 11.1. The minimum Gasteiger partial charge on any atom is -0.504 e. The molecule has 2 heterocycles. The third-order valence-electron chi connectivity index (χ3n) is 8.77. The molecule has 46 heavy (non-hydrogen) atoms. The number of aromatic hydroxyl groups is 5. The third kappa shape index (κ3) is 3.91. The van der Waals surface area contributed by atoms with Crippen molar-refractivity contribution in [1.29, 1.82) is 0 Å². The lowest BCUT2D eigenvalue weighted by molar-refractivity contribution is 0.269. The molecule has 0 aliphatic carbocycles. The maximum Gasteiger partial charge on any atom is 0.208 e. The Hall–Kier alpha value is -6.08. The molecule has 7 heteroatoms. The molecule has 1 unspecified atom stereocenters. The number of hydrogen-bond donors (Lipinski definition) is 5. The summed E-state index contributed by atoms with van der Waals surface area (Å²) < 4.78 is 13.4. The molecule has 0 bridgehead atoms. The van der Waals surface area contributed by atoms with Crippen LogP contribution in [0, 0.1) is 0 Å². The quantitative estimate of drug-likeness (QED) is 0.0753. The fourth-order valence-electron chi connectivity index (χ4n) is 6.72. The van der Waals surface area contributed by atoms with Crippen LogP contribution in [0.5, 0.6) is 34.5 Å². The molecule has 8 rings (SSSR count). The van der Waals surface area contributed by atoms with E-state index < -0.39 is 28.7 Å². The van der Waals surface area contributed by atoms with Crippen molar-refractivity contribution in [3.05, 3.63) is 109 Å². The highest BCUT2D eigenvalue weighted by molar-refractivity contribution is 6.26. The number of rotatable bonds is 2. The van der Waals surface area contributed by atoms with Gasteiger partial charge in [0.2, 0.25) is 17.2 Å². The molecule has 6 aromatic carbocycles. The molecule has 7 nitrogen and oxygen atoms in total. The predicted molar refractivity (Wildman–Crippen MR) is 180 cm³/mol. The molecule has 1 atom stereocenters. The molecule has 0 saturated carbocycles. The fourth-order valence-corrected chi connectivity index (χ4v) is 6.72. The highest BCUT2D eigenvalue weighted by atomic mass is 16.5. The predicted octanol–water partition coefficient (Wildman–Crippen LogP) is 9.19. The maximum absolute atomic E-state index is 11.1. The molecule has 0 amide bonds. The topological polar surface area (TPSA) is 124 Å². The fraction of sp³-hybridized carbons (Fsp3) is 0.0769. The lowest BCUT2D eigenvalue weighted by atomic mass is 9.84. The van der Waals surface area contributed by atoms with Gasteiger partial charge in [-0.05, 0) is 58.7 Å². The molecule has 1 aliphatic heterocycles. The van der Waals surface area contributed by atoms with Crippen molar-refractivity contribution in [2.45, 2.75) is 19.4 Å².